The van der Waals surface area contributed by atoms with Crippen molar-refractivity contribution in [3.63, 3.8) is 0 Å². The van der Waals surface area contributed by atoms with Crippen LogP contribution in [0.4, 0.5) is 5.82 Å². The molecule has 0 spiro atoms. The van der Waals surface area contributed by atoms with Gasteiger partial charge in [-0.2, -0.15) is 18.0 Å². The van der Waals surface area contributed by atoms with Crippen LogP contribution in [0.2, 0.25) is 5.02 Å². The summed E-state index contributed by atoms with van der Waals surface area (Å²) in [5, 5.41) is 17.9. The van der Waals surface area contributed by atoms with Crippen molar-refractivity contribution in [2.75, 3.05) is 18.4 Å². The van der Waals surface area contributed by atoms with Gasteiger partial charge < -0.3 is 5.32 Å². The first-order valence-corrected chi connectivity index (χ1v) is 8.30. The molecule has 0 radical (unpaired) electrons. The van der Waals surface area contributed by atoms with Crippen LogP contribution in [0, 0.1) is 18.3 Å². The molecule has 2 heterocycles. The van der Waals surface area contributed by atoms with E-state index in [0.717, 1.165) is 0 Å². The molecule has 0 aromatic carbocycles. The van der Waals surface area contributed by atoms with Gasteiger partial charge in [0.25, 0.3) is 10.2 Å². The molecule has 0 unspecified atom stereocenters. The molecule has 1 saturated heterocycles. The van der Waals surface area contributed by atoms with Gasteiger partial charge in [0.1, 0.15) is 11.9 Å². The van der Waals surface area contributed by atoms with Gasteiger partial charge in [0.2, 0.25) is 0 Å². The van der Waals surface area contributed by atoms with Crippen LogP contribution < -0.4 is 10.5 Å². The van der Waals surface area contributed by atoms with Crippen molar-refractivity contribution in [3.05, 3.63) is 22.3 Å². The quantitative estimate of drug-likeness (QED) is 0.859. The van der Waals surface area contributed by atoms with Gasteiger partial charge in [-0.05, 0) is 25.3 Å². The van der Waals surface area contributed by atoms with Crippen molar-refractivity contribution in [1.29, 1.82) is 5.26 Å². The maximum Gasteiger partial charge on any atom is 0.276 e. The number of piperidine rings is 1. The number of anilines is 1. The second-order valence-corrected chi connectivity index (χ2v) is 6.88. The number of hydrogen-bond acceptors (Lipinski definition) is 5. The zero-order valence-corrected chi connectivity index (χ0v) is 13.1. The van der Waals surface area contributed by atoms with Gasteiger partial charge in [0.05, 0.1) is 10.6 Å². The Morgan fingerprint density at radius 2 is 2.14 bits per heavy atom. The fraction of sp³-hybridized carbons (Fsp3) is 0.500. The Morgan fingerprint density at radius 1 is 1.52 bits per heavy atom. The molecule has 1 fully saturated rings. The topological polar surface area (TPSA) is 112 Å². The molecule has 1 aliphatic rings. The zero-order valence-electron chi connectivity index (χ0n) is 11.5. The smallest absolute Gasteiger partial charge is 0.276 e. The summed E-state index contributed by atoms with van der Waals surface area (Å²) in [5.74, 6) is 0.480. The fourth-order valence-corrected chi connectivity index (χ4v) is 3.14. The summed E-state index contributed by atoms with van der Waals surface area (Å²) in [6.45, 7) is 2.47. The van der Waals surface area contributed by atoms with Crippen molar-refractivity contribution < 1.29 is 8.42 Å². The first kappa shape index (κ1) is 16.0. The fourth-order valence-electron chi connectivity index (χ4n) is 2.27. The van der Waals surface area contributed by atoms with Crippen molar-refractivity contribution in [1.82, 2.24) is 9.29 Å². The maximum absolute atomic E-state index is 11.2. The zero-order chi connectivity index (χ0) is 15.6. The lowest BCUT2D eigenvalue weighted by atomic mass is 10.1. The Morgan fingerprint density at radius 3 is 2.67 bits per heavy atom. The number of hydrogen-bond donors (Lipinski definition) is 2. The van der Waals surface area contributed by atoms with E-state index in [1.807, 2.05) is 0 Å². The molecule has 0 atom stereocenters. The number of pyridine rings is 1. The summed E-state index contributed by atoms with van der Waals surface area (Å²) in [6, 6.07) is 2.14. The monoisotopic (exact) mass is 329 g/mol. The summed E-state index contributed by atoms with van der Waals surface area (Å²) in [7, 11) is -3.63. The van der Waals surface area contributed by atoms with E-state index >= 15 is 0 Å². The minimum absolute atomic E-state index is 0.0446. The summed E-state index contributed by atoms with van der Waals surface area (Å²) in [5.41, 5.74) is 1.09. The third-order valence-electron chi connectivity index (χ3n) is 3.54. The highest BCUT2D eigenvalue weighted by atomic mass is 35.5. The number of nitriles is 1. The predicted molar refractivity (Wildman–Crippen MR) is 80.0 cm³/mol. The molecule has 0 saturated carbocycles. The molecule has 7 nitrogen and oxygen atoms in total. The van der Waals surface area contributed by atoms with E-state index in [9.17, 15) is 13.7 Å². The van der Waals surface area contributed by atoms with E-state index in [2.05, 4.69) is 16.4 Å². The van der Waals surface area contributed by atoms with E-state index in [1.165, 1.54) is 10.5 Å². The maximum atomic E-state index is 11.2. The van der Waals surface area contributed by atoms with Crippen LogP contribution in [0.15, 0.2) is 6.20 Å². The van der Waals surface area contributed by atoms with Crippen LogP contribution in [0.1, 0.15) is 24.0 Å². The van der Waals surface area contributed by atoms with E-state index in [0.29, 0.717) is 47.9 Å². The summed E-state index contributed by atoms with van der Waals surface area (Å²) in [4.78, 5) is 4.15. The lowest BCUT2D eigenvalue weighted by Gasteiger charge is -2.30. The Balaban J connectivity index is 2.08. The van der Waals surface area contributed by atoms with Gasteiger partial charge in [-0.1, -0.05) is 11.6 Å². The summed E-state index contributed by atoms with van der Waals surface area (Å²) < 4.78 is 23.7. The molecular formula is C12H16ClN5O2S. The van der Waals surface area contributed by atoms with E-state index in [1.54, 1.807) is 6.92 Å². The number of rotatable bonds is 3. The third kappa shape index (κ3) is 3.63. The van der Waals surface area contributed by atoms with Crippen molar-refractivity contribution in [2.24, 2.45) is 5.14 Å². The Hall–Kier alpha value is -1.40. The molecule has 3 N–H and O–H groups in total. The number of aromatic nitrogens is 1. The molecule has 21 heavy (non-hydrogen) atoms. The average molecular weight is 330 g/mol. The summed E-state index contributed by atoms with van der Waals surface area (Å²) in [6.07, 6.45) is 2.70. The van der Waals surface area contributed by atoms with E-state index in [4.69, 9.17) is 16.7 Å². The molecule has 9 heteroatoms. The highest BCUT2D eigenvalue weighted by Crippen LogP contribution is 2.25. The van der Waals surface area contributed by atoms with Crippen LogP contribution in [0.3, 0.4) is 0 Å². The van der Waals surface area contributed by atoms with Gasteiger partial charge in [0.15, 0.2) is 0 Å². The lowest BCUT2D eigenvalue weighted by Crippen LogP contribution is -2.45. The highest BCUT2D eigenvalue weighted by Gasteiger charge is 2.26. The molecule has 2 rings (SSSR count). The van der Waals surface area contributed by atoms with Crippen molar-refractivity contribution in [3.8, 4) is 6.07 Å². The first-order valence-electron chi connectivity index (χ1n) is 6.42. The first-order chi connectivity index (χ1) is 9.82. The Labute approximate surface area is 128 Å². The minimum atomic E-state index is -3.63. The minimum Gasteiger partial charge on any atom is -0.366 e. The van der Waals surface area contributed by atoms with Crippen LogP contribution in [-0.2, 0) is 10.2 Å². The number of nitrogens with zero attached hydrogens (tertiary/aromatic N) is 3. The van der Waals surface area contributed by atoms with E-state index < -0.39 is 10.2 Å². The molecular weight excluding hydrogens is 314 g/mol. The number of nitrogens with two attached hydrogens (primary N) is 1. The molecule has 1 aromatic heterocycles. The van der Waals surface area contributed by atoms with Gasteiger partial charge in [-0.3, -0.25) is 0 Å². The standard InChI is InChI=1S/C12H16ClN5O2S/c1-8-10(6-14)12(16-7-11(8)13)17-9-2-4-18(5-3-9)21(15,19)20/h7,9H,2-5H2,1H3,(H,16,17)(H2,15,19,20). The van der Waals surface area contributed by atoms with Crippen LogP contribution in [-0.4, -0.2) is 36.8 Å². The summed E-state index contributed by atoms with van der Waals surface area (Å²) >= 11 is 5.95. The normalized spacial score (nSPS) is 17.4. The molecule has 1 aromatic rings. The second kappa shape index (κ2) is 6.15. The predicted octanol–water partition coefficient (Wildman–Crippen LogP) is 0.995. The second-order valence-electron chi connectivity index (χ2n) is 4.93. The highest BCUT2D eigenvalue weighted by molar-refractivity contribution is 7.86. The Kier molecular flexibility index (Phi) is 4.68. The van der Waals surface area contributed by atoms with Gasteiger partial charge in [-0.25, -0.2) is 10.1 Å². The molecule has 0 aliphatic carbocycles. The molecule has 0 amide bonds. The van der Waals surface area contributed by atoms with Crippen molar-refractivity contribution in [2.45, 2.75) is 25.8 Å². The van der Waals surface area contributed by atoms with Crippen LogP contribution in [0.5, 0.6) is 0 Å². The van der Waals surface area contributed by atoms with Gasteiger partial charge in [0, 0.05) is 25.3 Å². The van der Waals surface area contributed by atoms with Crippen molar-refractivity contribution >= 4 is 27.6 Å². The molecule has 114 valence electrons. The average Bonchev–Trinajstić information content (AvgIpc) is 2.43. The van der Waals surface area contributed by atoms with Crippen LogP contribution in [0.25, 0.3) is 0 Å². The number of nitrogens with one attached hydrogen (secondary N) is 1. The van der Waals surface area contributed by atoms with E-state index in [-0.39, 0.29) is 6.04 Å². The molecule has 0 bridgehead atoms. The molecule has 1 aliphatic heterocycles. The number of halogens is 1. The van der Waals surface area contributed by atoms with Gasteiger partial charge in [-0.15, -0.1) is 0 Å². The van der Waals surface area contributed by atoms with Gasteiger partial charge >= 0.3 is 0 Å². The lowest BCUT2D eigenvalue weighted by molar-refractivity contribution is 0.330. The third-order valence-corrected chi connectivity index (χ3v) is 5.01. The SMILES string of the molecule is Cc1c(Cl)cnc(NC2CCN(S(N)(=O)=O)CC2)c1C#N. The Bertz CT molecular complexity index is 678. The van der Waals surface area contributed by atoms with Crippen LogP contribution >= 0.6 is 11.6 Å². The largest absolute Gasteiger partial charge is 0.366 e.